The summed E-state index contributed by atoms with van der Waals surface area (Å²) in [6, 6.07) is 7.80. The summed E-state index contributed by atoms with van der Waals surface area (Å²) in [6.07, 6.45) is 2.60. The van der Waals surface area contributed by atoms with Crippen LogP contribution in [0.3, 0.4) is 0 Å². The summed E-state index contributed by atoms with van der Waals surface area (Å²) in [5.41, 5.74) is 0.836. The van der Waals surface area contributed by atoms with Crippen LogP contribution in [0.4, 0.5) is 11.5 Å². The van der Waals surface area contributed by atoms with Crippen LogP contribution in [0.1, 0.15) is 6.42 Å². The third kappa shape index (κ3) is 6.00. The smallest absolute Gasteiger partial charge is 0.263 e. The van der Waals surface area contributed by atoms with E-state index >= 15 is 0 Å². The molecule has 2 aromatic rings. The van der Waals surface area contributed by atoms with Gasteiger partial charge in [0.05, 0.1) is 31.0 Å². The van der Waals surface area contributed by atoms with Crippen molar-refractivity contribution in [1.82, 2.24) is 9.88 Å². The summed E-state index contributed by atoms with van der Waals surface area (Å²) in [5, 5.41) is 3.25. The number of ether oxygens (including phenoxy) is 2. The van der Waals surface area contributed by atoms with Crippen molar-refractivity contribution in [3.05, 3.63) is 36.5 Å². The van der Waals surface area contributed by atoms with Crippen LogP contribution in [0.2, 0.25) is 0 Å². The fourth-order valence-electron chi connectivity index (χ4n) is 2.37. The summed E-state index contributed by atoms with van der Waals surface area (Å²) >= 11 is 0. The van der Waals surface area contributed by atoms with E-state index in [1.54, 1.807) is 24.4 Å². The molecule has 0 amide bonds. The minimum absolute atomic E-state index is 0.0628. The normalized spacial score (nSPS) is 11.3. The molecule has 0 radical (unpaired) electrons. The summed E-state index contributed by atoms with van der Waals surface area (Å²) in [5.74, 6) is 1.04. The molecule has 0 bridgehead atoms. The molecule has 0 saturated heterocycles. The van der Waals surface area contributed by atoms with Gasteiger partial charge in [-0.2, -0.15) is 0 Å². The van der Waals surface area contributed by atoms with Crippen molar-refractivity contribution in [3.63, 3.8) is 0 Å². The number of rotatable bonds is 10. The Bertz CT molecular complexity index is 839. The van der Waals surface area contributed by atoms with Crippen molar-refractivity contribution < 1.29 is 17.9 Å². The van der Waals surface area contributed by atoms with Crippen LogP contribution in [-0.4, -0.2) is 59.7 Å². The number of aromatic nitrogens is 1. The number of hydrogen-bond acceptors (Lipinski definition) is 7. The predicted octanol–water partition coefficient (Wildman–Crippen LogP) is 2.26. The van der Waals surface area contributed by atoms with Gasteiger partial charge in [0.2, 0.25) is 0 Å². The molecule has 0 aliphatic rings. The zero-order chi connectivity index (χ0) is 19.9. The summed E-state index contributed by atoms with van der Waals surface area (Å²) in [7, 11) is 3.21. The van der Waals surface area contributed by atoms with Gasteiger partial charge in [-0.3, -0.25) is 4.72 Å². The van der Waals surface area contributed by atoms with Crippen molar-refractivity contribution in [1.29, 1.82) is 0 Å². The van der Waals surface area contributed by atoms with E-state index in [-0.39, 0.29) is 10.7 Å². The Morgan fingerprint density at radius 2 is 1.81 bits per heavy atom. The van der Waals surface area contributed by atoms with Crippen LogP contribution in [-0.2, 0) is 10.0 Å². The monoisotopic (exact) mass is 394 g/mol. The lowest BCUT2D eigenvalue weighted by Gasteiger charge is -2.12. The number of benzene rings is 1. The molecule has 0 saturated carbocycles. The topological polar surface area (TPSA) is 92.8 Å². The average Bonchev–Trinajstić information content (AvgIpc) is 2.65. The van der Waals surface area contributed by atoms with Crippen molar-refractivity contribution >= 4 is 21.5 Å². The molecule has 2 N–H and O–H groups in total. The van der Waals surface area contributed by atoms with Crippen LogP contribution >= 0.6 is 0 Å². The summed E-state index contributed by atoms with van der Waals surface area (Å²) in [6.45, 7) is 1.81. The van der Waals surface area contributed by atoms with Crippen molar-refractivity contribution in [2.75, 3.05) is 51.4 Å². The van der Waals surface area contributed by atoms with Gasteiger partial charge in [0.25, 0.3) is 10.0 Å². The van der Waals surface area contributed by atoms with E-state index in [1.807, 2.05) is 14.1 Å². The Balaban J connectivity index is 2.03. The molecule has 1 heterocycles. The van der Waals surface area contributed by atoms with Gasteiger partial charge in [0, 0.05) is 12.6 Å². The quantitative estimate of drug-likeness (QED) is 0.597. The Labute approximate surface area is 160 Å². The maximum atomic E-state index is 12.6. The van der Waals surface area contributed by atoms with Gasteiger partial charge >= 0.3 is 0 Å². The zero-order valence-electron chi connectivity index (χ0n) is 16.0. The second kappa shape index (κ2) is 9.43. The molecule has 0 atom stereocenters. The van der Waals surface area contributed by atoms with E-state index in [4.69, 9.17) is 9.47 Å². The van der Waals surface area contributed by atoms with Gasteiger partial charge in [0.1, 0.15) is 5.82 Å². The number of anilines is 2. The second-order valence-electron chi connectivity index (χ2n) is 6.14. The number of pyridine rings is 1. The van der Waals surface area contributed by atoms with E-state index < -0.39 is 10.0 Å². The minimum Gasteiger partial charge on any atom is -0.493 e. The first-order chi connectivity index (χ1) is 12.9. The summed E-state index contributed by atoms with van der Waals surface area (Å²) in [4.78, 5) is 6.34. The van der Waals surface area contributed by atoms with Gasteiger partial charge in [0.15, 0.2) is 11.5 Å². The van der Waals surface area contributed by atoms with Crippen molar-refractivity contribution in [2.24, 2.45) is 0 Å². The number of sulfonamides is 1. The Kier molecular flexibility index (Phi) is 7.26. The fraction of sp³-hybridized carbons (Fsp3) is 0.389. The van der Waals surface area contributed by atoms with Crippen LogP contribution < -0.4 is 19.5 Å². The highest BCUT2D eigenvalue weighted by atomic mass is 32.2. The van der Waals surface area contributed by atoms with Crippen LogP contribution in [0.25, 0.3) is 0 Å². The fourth-order valence-corrected chi connectivity index (χ4v) is 3.39. The molecule has 9 heteroatoms. The first-order valence-corrected chi connectivity index (χ1v) is 9.93. The molecule has 0 spiro atoms. The third-order valence-electron chi connectivity index (χ3n) is 3.78. The molecule has 1 aromatic heterocycles. The molecule has 8 nitrogen and oxygen atoms in total. The average molecular weight is 394 g/mol. The van der Waals surface area contributed by atoms with Gasteiger partial charge in [-0.15, -0.1) is 0 Å². The number of methoxy groups -OCH3 is 2. The molecule has 148 valence electrons. The van der Waals surface area contributed by atoms with E-state index in [9.17, 15) is 8.42 Å². The maximum Gasteiger partial charge on any atom is 0.263 e. The van der Waals surface area contributed by atoms with Crippen LogP contribution in [0.15, 0.2) is 41.4 Å². The highest BCUT2D eigenvalue weighted by Crippen LogP contribution is 2.30. The first-order valence-electron chi connectivity index (χ1n) is 8.45. The molecule has 0 aliphatic carbocycles. The van der Waals surface area contributed by atoms with Gasteiger partial charge in [-0.25, -0.2) is 13.4 Å². The number of nitrogens with one attached hydrogen (secondary N) is 2. The Morgan fingerprint density at radius 3 is 2.41 bits per heavy atom. The van der Waals surface area contributed by atoms with E-state index in [0.717, 1.165) is 25.2 Å². The van der Waals surface area contributed by atoms with Gasteiger partial charge in [-0.1, -0.05) is 0 Å². The molecule has 0 unspecified atom stereocenters. The number of hydrogen-bond donors (Lipinski definition) is 2. The number of nitrogens with zero attached hydrogens (tertiary/aromatic N) is 2. The highest BCUT2D eigenvalue weighted by molar-refractivity contribution is 7.92. The van der Waals surface area contributed by atoms with E-state index in [2.05, 4.69) is 19.9 Å². The molecular formula is C18H26N4O4S. The largest absolute Gasteiger partial charge is 0.493 e. The van der Waals surface area contributed by atoms with Crippen molar-refractivity contribution in [2.45, 2.75) is 11.3 Å². The standard InChI is InChI=1S/C18H26N4O4S/c1-22(2)11-5-10-19-14-6-9-18(20-13-14)21-27(23,24)15-7-8-16(25-3)17(12-15)26-4/h6-9,12-13,19H,5,10-11H2,1-4H3,(H,20,21). The predicted molar refractivity (Wildman–Crippen MR) is 106 cm³/mol. The SMILES string of the molecule is COc1ccc(S(=O)(=O)Nc2ccc(NCCCN(C)C)cn2)cc1OC. The molecule has 0 aliphatic heterocycles. The zero-order valence-corrected chi connectivity index (χ0v) is 16.8. The third-order valence-corrected chi connectivity index (χ3v) is 5.13. The lowest BCUT2D eigenvalue weighted by molar-refractivity contribution is 0.354. The molecular weight excluding hydrogens is 368 g/mol. The maximum absolute atomic E-state index is 12.6. The molecule has 27 heavy (non-hydrogen) atoms. The van der Waals surface area contributed by atoms with Gasteiger partial charge < -0.3 is 19.7 Å². The minimum atomic E-state index is -3.79. The van der Waals surface area contributed by atoms with Gasteiger partial charge in [-0.05, 0) is 51.3 Å². The lowest BCUT2D eigenvalue weighted by Crippen LogP contribution is -2.16. The first kappa shape index (κ1) is 20.8. The Morgan fingerprint density at radius 1 is 1.07 bits per heavy atom. The lowest BCUT2D eigenvalue weighted by atomic mass is 10.3. The molecule has 0 fully saturated rings. The molecule has 2 rings (SSSR count). The second-order valence-corrected chi connectivity index (χ2v) is 7.82. The Hall–Kier alpha value is -2.52. The van der Waals surface area contributed by atoms with Crippen LogP contribution in [0.5, 0.6) is 11.5 Å². The van der Waals surface area contributed by atoms with E-state index in [0.29, 0.717) is 11.5 Å². The van der Waals surface area contributed by atoms with Crippen LogP contribution in [0, 0.1) is 0 Å². The summed E-state index contributed by atoms with van der Waals surface area (Å²) < 4.78 is 37.9. The van der Waals surface area contributed by atoms with Crippen molar-refractivity contribution in [3.8, 4) is 11.5 Å². The van der Waals surface area contributed by atoms with E-state index in [1.165, 1.54) is 26.4 Å². The highest BCUT2D eigenvalue weighted by Gasteiger charge is 2.17. The molecule has 1 aromatic carbocycles.